The summed E-state index contributed by atoms with van der Waals surface area (Å²) < 4.78 is 19.1. The Kier molecular flexibility index (Phi) is 7.11. The molecule has 1 aromatic heterocycles. The second kappa shape index (κ2) is 10.6. The van der Waals surface area contributed by atoms with E-state index in [9.17, 15) is 4.79 Å². The molecule has 3 aromatic rings. The van der Waals surface area contributed by atoms with Gasteiger partial charge in [-0.05, 0) is 42.5 Å². The molecule has 1 saturated heterocycles. The Morgan fingerprint density at radius 2 is 1.77 bits per heavy atom. The van der Waals surface area contributed by atoms with Gasteiger partial charge in [0.2, 0.25) is 0 Å². The number of aryl methyl sites for hydroxylation is 1. The normalized spacial score (nSPS) is 16.1. The summed E-state index contributed by atoms with van der Waals surface area (Å²) in [6, 6.07) is 13.1. The number of piperazine rings is 1. The zero-order chi connectivity index (χ0) is 24.2. The molecular weight excluding hydrogens is 468 g/mol. The molecule has 3 heterocycles. The van der Waals surface area contributed by atoms with Crippen LogP contribution < -0.4 is 14.2 Å². The van der Waals surface area contributed by atoms with E-state index in [1.54, 1.807) is 10.9 Å². The smallest absolute Gasteiger partial charge is 0.257 e. The lowest BCUT2D eigenvalue weighted by Crippen LogP contribution is -2.49. The third kappa shape index (κ3) is 5.55. The van der Waals surface area contributed by atoms with Crippen molar-refractivity contribution in [2.24, 2.45) is 7.05 Å². The van der Waals surface area contributed by atoms with Crippen LogP contribution in [0, 0.1) is 0 Å². The highest BCUT2D eigenvalue weighted by Crippen LogP contribution is 2.35. The first-order chi connectivity index (χ1) is 17.1. The van der Waals surface area contributed by atoms with Gasteiger partial charge in [-0.3, -0.25) is 14.4 Å². The van der Waals surface area contributed by atoms with Crippen LogP contribution in [0.15, 0.2) is 48.7 Å². The molecule has 0 saturated carbocycles. The van der Waals surface area contributed by atoms with Crippen LogP contribution in [0.25, 0.3) is 11.3 Å². The molecule has 35 heavy (non-hydrogen) atoms. The van der Waals surface area contributed by atoms with E-state index in [2.05, 4.69) is 10.00 Å². The highest BCUT2D eigenvalue weighted by atomic mass is 35.5. The summed E-state index contributed by atoms with van der Waals surface area (Å²) in [6.07, 6.45) is 2.64. The van der Waals surface area contributed by atoms with Gasteiger partial charge in [0.1, 0.15) is 18.1 Å². The standard InChI is InChI=1S/C26H29ClN4O4/c1-29-18-22(25(28-29)19-3-8-23-24(17-19)35-15-2-14-34-23)26(32)31-11-9-30(10-12-31)13-16-33-21-6-4-20(27)5-7-21/h3-8,17-18H,2,9-16H2,1H3. The molecule has 8 nitrogen and oxygen atoms in total. The van der Waals surface area contributed by atoms with Crippen molar-refractivity contribution >= 4 is 17.5 Å². The lowest BCUT2D eigenvalue weighted by Gasteiger charge is -2.34. The lowest BCUT2D eigenvalue weighted by molar-refractivity contribution is 0.0621. The van der Waals surface area contributed by atoms with Crippen molar-refractivity contribution in [1.29, 1.82) is 0 Å². The van der Waals surface area contributed by atoms with E-state index in [1.807, 2.05) is 54.4 Å². The third-order valence-corrected chi connectivity index (χ3v) is 6.48. The minimum absolute atomic E-state index is 0.00252. The van der Waals surface area contributed by atoms with E-state index >= 15 is 0 Å². The van der Waals surface area contributed by atoms with Crippen LogP contribution in [0.2, 0.25) is 5.02 Å². The molecule has 0 aliphatic carbocycles. The lowest BCUT2D eigenvalue weighted by atomic mass is 10.1. The van der Waals surface area contributed by atoms with E-state index < -0.39 is 0 Å². The minimum Gasteiger partial charge on any atom is -0.492 e. The number of hydrogen-bond acceptors (Lipinski definition) is 6. The molecule has 0 bridgehead atoms. The summed E-state index contributed by atoms with van der Waals surface area (Å²) in [7, 11) is 1.84. The number of amides is 1. The summed E-state index contributed by atoms with van der Waals surface area (Å²) in [4.78, 5) is 17.7. The summed E-state index contributed by atoms with van der Waals surface area (Å²) in [6.45, 7) is 5.57. The molecule has 0 N–H and O–H groups in total. The zero-order valence-corrected chi connectivity index (χ0v) is 20.5. The fourth-order valence-electron chi connectivity index (χ4n) is 4.34. The van der Waals surface area contributed by atoms with Crippen LogP contribution in [0.4, 0.5) is 0 Å². The Hall–Kier alpha value is -3.23. The second-order valence-electron chi connectivity index (χ2n) is 8.71. The van der Waals surface area contributed by atoms with Crippen LogP contribution in [0.5, 0.6) is 17.2 Å². The van der Waals surface area contributed by atoms with Gasteiger partial charge in [-0.2, -0.15) is 5.10 Å². The Balaban J connectivity index is 1.20. The molecule has 5 rings (SSSR count). The van der Waals surface area contributed by atoms with E-state index in [4.69, 9.17) is 25.8 Å². The molecular formula is C26H29ClN4O4. The van der Waals surface area contributed by atoms with Gasteiger partial charge in [0.25, 0.3) is 5.91 Å². The first kappa shape index (κ1) is 23.5. The first-order valence-electron chi connectivity index (χ1n) is 11.9. The van der Waals surface area contributed by atoms with Gasteiger partial charge < -0.3 is 19.1 Å². The maximum atomic E-state index is 13.4. The molecule has 2 aliphatic heterocycles. The predicted octanol–water partition coefficient (Wildman–Crippen LogP) is 3.74. The molecule has 9 heteroatoms. The number of ether oxygens (including phenoxy) is 3. The number of rotatable bonds is 6. The largest absolute Gasteiger partial charge is 0.492 e. The van der Waals surface area contributed by atoms with E-state index in [0.29, 0.717) is 54.9 Å². The average molecular weight is 497 g/mol. The summed E-state index contributed by atoms with van der Waals surface area (Å²) in [5, 5.41) is 5.29. The maximum absolute atomic E-state index is 13.4. The number of fused-ring (bicyclic) bond motifs is 1. The van der Waals surface area contributed by atoms with Crippen LogP contribution in [0.3, 0.4) is 0 Å². The maximum Gasteiger partial charge on any atom is 0.257 e. The van der Waals surface area contributed by atoms with Crippen LogP contribution in [-0.4, -0.2) is 78.0 Å². The Labute approximate surface area is 209 Å². The van der Waals surface area contributed by atoms with Crippen molar-refractivity contribution in [3.63, 3.8) is 0 Å². The first-order valence-corrected chi connectivity index (χ1v) is 12.3. The summed E-state index contributed by atoms with van der Waals surface area (Å²) in [5.41, 5.74) is 2.10. The molecule has 1 fully saturated rings. The van der Waals surface area contributed by atoms with Crippen molar-refractivity contribution in [1.82, 2.24) is 19.6 Å². The quantitative estimate of drug-likeness (QED) is 0.518. The highest BCUT2D eigenvalue weighted by Gasteiger charge is 2.26. The molecule has 0 unspecified atom stereocenters. The summed E-state index contributed by atoms with van der Waals surface area (Å²) >= 11 is 5.92. The van der Waals surface area contributed by atoms with E-state index in [-0.39, 0.29) is 5.91 Å². The van der Waals surface area contributed by atoms with Crippen LogP contribution >= 0.6 is 11.6 Å². The molecule has 0 radical (unpaired) electrons. The predicted molar refractivity (Wildman–Crippen MR) is 134 cm³/mol. The van der Waals surface area contributed by atoms with Gasteiger partial charge in [0.15, 0.2) is 11.5 Å². The minimum atomic E-state index is -0.00252. The Morgan fingerprint density at radius 3 is 2.54 bits per heavy atom. The van der Waals surface area contributed by atoms with Gasteiger partial charge in [-0.25, -0.2) is 0 Å². The molecule has 1 amide bonds. The van der Waals surface area contributed by atoms with Gasteiger partial charge in [0.05, 0.1) is 18.8 Å². The second-order valence-corrected chi connectivity index (χ2v) is 9.15. The van der Waals surface area contributed by atoms with E-state index in [1.165, 1.54) is 0 Å². The molecule has 184 valence electrons. The van der Waals surface area contributed by atoms with E-state index in [0.717, 1.165) is 43.1 Å². The zero-order valence-electron chi connectivity index (χ0n) is 19.8. The fraction of sp³-hybridized carbons (Fsp3) is 0.385. The van der Waals surface area contributed by atoms with Crippen molar-refractivity contribution < 1.29 is 19.0 Å². The van der Waals surface area contributed by atoms with Crippen LogP contribution in [-0.2, 0) is 7.05 Å². The Morgan fingerprint density at radius 1 is 1.03 bits per heavy atom. The fourth-order valence-corrected chi connectivity index (χ4v) is 4.46. The number of hydrogen-bond donors (Lipinski definition) is 0. The van der Waals surface area contributed by atoms with Crippen molar-refractivity contribution in [2.45, 2.75) is 6.42 Å². The third-order valence-electron chi connectivity index (χ3n) is 6.23. The van der Waals surface area contributed by atoms with Gasteiger partial charge >= 0.3 is 0 Å². The van der Waals surface area contributed by atoms with Crippen molar-refractivity contribution in [3.8, 4) is 28.5 Å². The van der Waals surface area contributed by atoms with Crippen LogP contribution in [0.1, 0.15) is 16.8 Å². The molecule has 2 aliphatic rings. The number of aromatic nitrogens is 2. The summed E-state index contributed by atoms with van der Waals surface area (Å²) in [5.74, 6) is 2.23. The SMILES string of the molecule is Cn1cc(C(=O)N2CCN(CCOc3ccc(Cl)cc3)CC2)c(-c2ccc3c(c2)OCCCO3)n1. The monoisotopic (exact) mass is 496 g/mol. The Bertz CT molecular complexity index is 1170. The molecule has 0 atom stereocenters. The van der Waals surface area contributed by atoms with Gasteiger partial charge in [0, 0.05) is 63.0 Å². The number of benzene rings is 2. The van der Waals surface area contributed by atoms with Gasteiger partial charge in [-0.15, -0.1) is 0 Å². The number of carbonyl (C=O) groups is 1. The van der Waals surface area contributed by atoms with Gasteiger partial charge in [-0.1, -0.05) is 11.6 Å². The topological polar surface area (TPSA) is 69.1 Å². The number of halogens is 1. The highest BCUT2D eigenvalue weighted by molar-refractivity contribution is 6.30. The van der Waals surface area contributed by atoms with Crippen molar-refractivity contribution in [2.75, 3.05) is 52.5 Å². The number of carbonyl (C=O) groups excluding carboxylic acids is 1. The average Bonchev–Trinajstić information content (AvgIpc) is 3.11. The number of nitrogens with zero attached hydrogens (tertiary/aromatic N) is 4. The molecule has 2 aromatic carbocycles. The molecule has 0 spiro atoms. The van der Waals surface area contributed by atoms with Crippen molar-refractivity contribution in [3.05, 3.63) is 59.2 Å².